The molecule has 0 saturated carbocycles. The third-order valence-electron chi connectivity index (χ3n) is 3.47. The molecule has 0 aliphatic heterocycles. The molecule has 0 aliphatic carbocycles. The lowest BCUT2D eigenvalue weighted by atomic mass is 9.94. The van der Waals surface area contributed by atoms with Gasteiger partial charge >= 0.3 is 5.97 Å². The van der Waals surface area contributed by atoms with Crippen LogP contribution in [-0.4, -0.2) is 54.6 Å². The molecule has 0 bridgehead atoms. The van der Waals surface area contributed by atoms with Crippen LogP contribution >= 0.6 is 0 Å². The van der Waals surface area contributed by atoms with Crippen LogP contribution in [-0.2, 0) is 14.3 Å². The monoisotopic (exact) mass is 287 g/mol. The van der Waals surface area contributed by atoms with Crippen LogP contribution in [0, 0.1) is 5.92 Å². The van der Waals surface area contributed by atoms with Crippen molar-refractivity contribution in [2.45, 2.75) is 46.5 Å². The number of carbonyl (C=O) groups excluding carboxylic acids is 1. The Morgan fingerprint density at radius 2 is 1.85 bits per heavy atom. The number of ketones is 1. The van der Waals surface area contributed by atoms with Crippen molar-refractivity contribution in [1.82, 2.24) is 4.90 Å². The zero-order valence-corrected chi connectivity index (χ0v) is 13.1. The quantitative estimate of drug-likeness (QED) is 0.526. The lowest BCUT2D eigenvalue weighted by molar-refractivity contribution is -0.141. The lowest BCUT2D eigenvalue weighted by Crippen LogP contribution is -2.29. The maximum Gasteiger partial charge on any atom is 0.304 e. The van der Waals surface area contributed by atoms with Crippen molar-refractivity contribution >= 4 is 11.8 Å². The van der Waals surface area contributed by atoms with Gasteiger partial charge in [-0.15, -0.1) is 0 Å². The minimum atomic E-state index is -0.914. The number of likely N-dealkylation sites (N-methyl/N-ethyl adjacent to an activating group) is 1. The number of hydrogen-bond acceptors (Lipinski definition) is 4. The highest BCUT2D eigenvalue weighted by Crippen LogP contribution is 2.14. The lowest BCUT2D eigenvalue weighted by Gasteiger charge is -2.18. The first-order valence-electron chi connectivity index (χ1n) is 7.59. The molecule has 1 atom stereocenters. The number of ether oxygens (including phenoxy) is 1. The molecule has 5 heteroatoms. The van der Waals surface area contributed by atoms with Crippen LogP contribution in [0.4, 0.5) is 0 Å². The van der Waals surface area contributed by atoms with Gasteiger partial charge in [-0.05, 0) is 19.5 Å². The van der Waals surface area contributed by atoms with Crippen LogP contribution in [0.5, 0.6) is 0 Å². The van der Waals surface area contributed by atoms with Gasteiger partial charge in [0.1, 0.15) is 6.61 Å². The largest absolute Gasteiger partial charge is 0.481 e. The van der Waals surface area contributed by atoms with Crippen LogP contribution in [0.2, 0.25) is 0 Å². The summed E-state index contributed by atoms with van der Waals surface area (Å²) in [7, 11) is 0. The molecule has 118 valence electrons. The minimum absolute atomic E-state index is 0.0307. The highest BCUT2D eigenvalue weighted by Gasteiger charge is 2.21. The van der Waals surface area contributed by atoms with E-state index in [1.165, 1.54) is 0 Å². The topological polar surface area (TPSA) is 66.8 Å². The molecule has 0 spiro atoms. The van der Waals surface area contributed by atoms with Crippen molar-refractivity contribution < 1.29 is 19.4 Å². The first-order valence-corrected chi connectivity index (χ1v) is 7.59. The number of carbonyl (C=O) groups is 2. The van der Waals surface area contributed by atoms with E-state index in [1.807, 2.05) is 6.92 Å². The van der Waals surface area contributed by atoms with Gasteiger partial charge in [-0.3, -0.25) is 9.59 Å². The van der Waals surface area contributed by atoms with E-state index in [0.717, 1.165) is 32.5 Å². The van der Waals surface area contributed by atoms with Crippen LogP contribution in [0.3, 0.4) is 0 Å². The van der Waals surface area contributed by atoms with Crippen LogP contribution < -0.4 is 0 Å². The number of Topliss-reactive ketones (excluding diaryl/α,β-unsaturated/α-hetero) is 1. The standard InChI is InChI=1S/C15H29NO4/c1-4-7-8-13(11-15(18)19)14(17)12-20-10-9-16(5-2)6-3/h13H,4-12H2,1-3H3,(H,18,19). The Morgan fingerprint density at radius 1 is 1.20 bits per heavy atom. The number of carboxylic acids is 1. The molecule has 0 rings (SSSR count). The molecule has 0 amide bonds. The summed E-state index contributed by atoms with van der Waals surface area (Å²) in [6, 6.07) is 0. The van der Waals surface area contributed by atoms with Crippen molar-refractivity contribution in [1.29, 1.82) is 0 Å². The van der Waals surface area contributed by atoms with E-state index in [1.54, 1.807) is 0 Å². The van der Waals surface area contributed by atoms with E-state index < -0.39 is 11.9 Å². The second-order valence-corrected chi connectivity index (χ2v) is 4.98. The summed E-state index contributed by atoms with van der Waals surface area (Å²) < 4.78 is 5.39. The van der Waals surface area contributed by atoms with Crippen molar-refractivity contribution in [2.24, 2.45) is 5.92 Å². The van der Waals surface area contributed by atoms with Crippen LogP contribution in [0.15, 0.2) is 0 Å². The molecule has 0 heterocycles. The molecule has 20 heavy (non-hydrogen) atoms. The highest BCUT2D eigenvalue weighted by molar-refractivity contribution is 5.85. The van der Waals surface area contributed by atoms with Gasteiger partial charge in [-0.1, -0.05) is 33.6 Å². The smallest absolute Gasteiger partial charge is 0.304 e. The van der Waals surface area contributed by atoms with Gasteiger partial charge in [0, 0.05) is 12.5 Å². The molecular weight excluding hydrogens is 258 g/mol. The average molecular weight is 287 g/mol. The second kappa shape index (κ2) is 11.9. The van der Waals surface area contributed by atoms with Crippen LogP contribution in [0.1, 0.15) is 46.5 Å². The van der Waals surface area contributed by atoms with Crippen molar-refractivity contribution in [3.05, 3.63) is 0 Å². The second-order valence-electron chi connectivity index (χ2n) is 4.98. The molecular formula is C15H29NO4. The van der Waals surface area contributed by atoms with E-state index in [9.17, 15) is 9.59 Å². The van der Waals surface area contributed by atoms with Crippen molar-refractivity contribution in [2.75, 3.05) is 32.8 Å². The van der Waals surface area contributed by atoms with Gasteiger partial charge in [0.2, 0.25) is 0 Å². The zero-order valence-electron chi connectivity index (χ0n) is 13.1. The normalized spacial score (nSPS) is 12.6. The van der Waals surface area contributed by atoms with Crippen molar-refractivity contribution in [3.63, 3.8) is 0 Å². The van der Waals surface area contributed by atoms with E-state index in [-0.39, 0.29) is 18.8 Å². The van der Waals surface area contributed by atoms with Gasteiger partial charge in [0.25, 0.3) is 0 Å². The zero-order chi connectivity index (χ0) is 15.4. The van der Waals surface area contributed by atoms with E-state index in [4.69, 9.17) is 9.84 Å². The summed E-state index contributed by atoms with van der Waals surface area (Å²) in [5.74, 6) is -1.40. The molecule has 0 fully saturated rings. The van der Waals surface area contributed by atoms with E-state index in [2.05, 4.69) is 18.7 Å². The molecule has 1 unspecified atom stereocenters. The Balaban J connectivity index is 4.02. The van der Waals surface area contributed by atoms with Gasteiger partial charge in [0.15, 0.2) is 5.78 Å². The Labute approximate surface area is 122 Å². The fraction of sp³-hybridized carbons (Fsp3) is 0.867. The summed E-state index contributed by atoms with van der Waals surface area (Å²) in [4.78, 5) is 25.0. The number of aliphatic carboxylic acids is 1. The predicted molar refractivity (Wildman–Crippen MR) is 78.9 cm³/mol. The summed E-state index contributed by atoms with van der Waals surface area (Å²) in [6.07, 6.45) is 2.40. The van der Waals surface area contributed by atoms with Gasteiger partial charge < -0.3 is 14.7 Å². The molecule has 0 aromatic carbocycles. The molecule has 0 saturated heterocycles. The summed E-state index contributed by atoms with van der Waals surface area (Å²) in [5, 5.41) is 8.84. The maximum atomic E-state index is 12.0. The van der Waals surface area contributed by atoms with Crippen molar-refractivity contribution in [3.8, 4) is 0 Å². The summed E-state index contributed by atoms with van der Waals surface area (Å²) in [5.41, 5.74) is 0. The molecule has 0 radical (unpaired) electrons. The Morgan fingerprint density at radius 3 is 2.35 bits per heavy atom. The molecule has 1 N–H and O–H groups in total. The number of rotatable bonds is 13. The number of hydrogen-bond donors (Lipinski definition) is 1. The predicted octanol–water partition coefficient (Wildman–Crippen LogP) is 2.20. The minimum Gasteiger partial charge on any atom is -0.481 e. The Hall–Kier alpha value is -0.940. The highest BCUT2D eigenvalue weighted by atomic mass is 16.5. The molecule has 0 aromatic heterocycles. The number of unbranched alkanes of at least 4 members (excludes halogenated alkanes) is 1. The van der Waals surface area contributed by atoms with Gasteiger partial charge in [-0.25, -0.2) is 0 Å². The maximum absolute atomic E-state index is 12.0. The Bertz CT molecular complexity index is 277. The number of nitrogens with zero attached hydrogens (tertiary/aromatic N) is 1. The summed E-state index contributed by atoms with van der Waals surface area (Å²) in [6.45, 7) is 9.48. The summed E-state index contributed by atoms with van der Waals surface area (Å²) >= 11 is 0. The number of carboxylic acid groups (broad SMARTS) is 1. The molecule has 5 nitrogen and oxygen atoms in total. The Kier molecular flexibility index (Phi) is 11.3. The van der Waals surface area contributed by atoms with E-state index >= 15 is 0 Å². The average Bonchev–Trinajstić information content (AvgIpc) is 2.43. The third-order valence-corrected chi connectivity index (χ3v) is 3.47. The molecule has 0 aromatic rings. The first-order chi connectivity index (χ1) is 9.54. The molecule has 0 aliphatic rings. The first kappa shape index (κ1) is 19.1. The fourth-order valence-corrected chi connectivity index (χ4v) is 2.06. The van der Waals surface area contributed by atoms with Gasteiger partial charge in [0.05, 0.1) is 13.0 Å². The van der Waals surface area contributed by atoms with E-state index in [0.29, 0.717) is 13.0 Å². The van der Waals surface area contributed by atoms with Gasteiger partial charge in [-0.2, -0.15) is 0 Å². The van der Waals surface area contributed by atoms with Crippen LogP contribution in [0.25, 0.3) is 0 Å². The SMILES string of the molecule is CCCCC(CC(=O)O)C(=O)COCCN(CC)CC. The third kappa shape index (κ3) is 9.04. The fourth-order valence-electron chi connectivity index (χ4n) is 2.06.